The molecule has 2 heteroatoms. The van der Waals surface area contributed by atoms with Crippen LogP contribution in [-0.2, 0) is 4.74 Å². The summed E-state index contributed by atoms with van der Waals surface area (Å²) in [5, 5.41) is 10.5. The highest BCUT2D eigenvalue weighted by atomic mass is 16.6. The fourth-order valence-electron chi connectivity index (χ4n) is 4.00. The van der Waals surface area contributed by atoms with E-state index in [9.17, 15) is 5.11 Å². The topological polar surface area (TPSA) is 29.5 Å². The van der Waals surface area contributed by atoms with Crippen molar-refractivity contribution in [3.63, 3.8) is 0 Å². The second-order valence-corrected chi connectivity index (χ2v) is 6.10. The van der Waals surface area contributed by atoms with Crippen molar-refractivity contribution in [2.24, 2.45) is 10.8 Å². The van der Waals surface area contributed by atoms with Crippen molar-refractivity contribution < 1.29 is 9.84 Å². The Labute approximate surface area is 92.3 Å². The lowest BCUT2D eigenvalue weighted by molar-refractivity contribution is -0.231. The molecule has 0 aromatic carbocycles. The maximum Gasteiger partial charge on any atom is 0.173 e. The molecule has 0 unspecified atom stereocenters. The highest BCUT2D eigenvalue weighted by molar-refractivity contribution is 5.48. The van der Waals surface area contributed by atoms with E-state index in [2.05, 4.69) is 41.5 Å². The van der Waals surface area contributed by atoms with Gasteiger partial charge in [0.1, 0.15) is 0 Å². The molecule has 1 N–H and O–H groups in total. The second-order valence-electron chi connectivity index (χ2n) is 6.10. The fourth-order valence-corrected chi connectivity index (χ4v) is 4.00. The molecule has 1 heterocycles. The van der Waals surface area contributed by atoms with E-state index in [1.165, 1.54) is 11.1 Å². The number of hydrogen-bond donors (Lipinski definition) is 1. The van der Waals surface area contributed by atoms with Gasteiger partial charge in [-0.2, -0.15) is 0 Å². The van der Waals surface area contributed by atoms with Gasteiger partial charge in [0.15, 0.2) is 5.79 Å². The van der Waals surface area contributed by atoms with Crippen molar-refractivity contribution >= 4 is 0 Å². The van der Waals surface area contributed by atoms with E-state index in [0.29, 0.717) is 0 Å². The van der Waals surface area contributed by atoms with Crippen molar-refractivity contribution in [2.45, 2.75) is 59.9 Å². The largest absolute Gasteiger partial charge is 0.365 e. The zero-order valence-corrected chi connectivity index (χ0v) is 10.9. The minimum atomic E-state index is -1.06. The Morgan fingerprint density at radius 3 is 1.67 bits per heavy atom. The summed E-state index contributed by atoms with van der Waals surface area (Å²) < 4.78 is 5.88. The van der Waals surface area contributed by atoms with Crippen LogP contribution < -0.4 is 0 Å². The third-order valence-electron chi connectivity index (χ3n) is 5.65. The normalized spacial score (nSPS) is 52.8. The molecule has 1 aliphatic heterocycles. The number of hydrogen-bond acceptors (Lipinski definition) is 2. The molecule has 0 aromatic heterocycles. The summed E-state index contributed by atoms with van der Waals surface area (Å²) in [6, 6.07) is 0. The molecule has 1 aliphatic carbocycles. The minimum absolute atomic E-state index is 0.0619. The predicted octanol–water partition coefficient (Wildman–Crippen LogP) is 2.87. The number of ether oxygens (including phenoxy) is 1. The first kappa shape index (κ1) is 11.2. The van der Waals surface area contributed by atoms with Crippen LogP contribution in [0, 0.1) is 10.8 Å². The van der Waals surface area contributed by atoms with Gasteiger partial charge in [-0.3, -0.25) is 0 Å². The van der Waals surface area contributed by atoms with Gasteiger partial charge in [-0.25, -0.2) is 0 Å². The fraction of sp³-hybridized carbons (Fsp3) is 0.846. The molecule has 0 spiro atoms. The highest BCUT2D eigenvalue weighted by Crippen LogP contribution is 2.74. The first-order valence-electron chi connectivity index (χ1n) is 5.63. The van der Waals surface area contributed by atoms with Gasteiger partial charge < -0.3 is 9.84 Å². The molecule has 0 aromatic rings. The van der Waals surface area contributed by atoms with Gasteiger partial charge in [0.05, 0.1) is 11.0 Å². The van der Waals surface area contributed by atoms with Crippen molar-refractivity contribution in [3.8, 4) is 0 Å². The lowest BCUT2D eigenvalue weighted by atomic mass is 9.43. The van der Waals surface area contributed by atoms with Crippen LogP contribution in [0.25, 0.3) is 0 Å². The Kier molecular flexibility index (Phi) is 1.73. The van der Waals surface area contributed by atoms with E-state index in [1.54, 1.807) is 6.92 Å². The van der Waals surface area contributed by atoms with Gasteiger partial charge in [0, 0.05) is 5.41 Å². The molecular weight excluding hydrogens is 188 g/mol. The van der Waals surface area contributed by atoms with Crippen molar-refractivity contribution in [1.29, 1.82) is 0 Å². The van der Waals surface area contributed by atoms with Crippen LogP contribution >= 0.6 is 0 Å². The summed E-state index contributed by atoms with van der Waals surface area (Å²) in [4.78, 5) is 0. The van der Waals surface area contributed by atoms with E-state index >= 15 is 0 Å². The molecule has 2 rings (SSSR count). The first-order valence-corrected chi connectivity index (χ1v) is 5.63. The van der Waals surface area contributed by atoms with Gasteiger partial charge >= 0.3 is 0 Å². The third kappa shape index (κ3) is 0.784. The van der Waals surface area contributed by atoms with Gasteiger partial charge in [-0.1, -0.05) is 18.1 Å². The van der Waals surface area contributed by atoms with Crippen LogP contribution in [0.15, 0.2) is 11.1 Å². The Balaban J connectivity index is 2.70. The van der Waals surface area contributed by atoms with Gasteiger partial charge in [0.2, 0.25) is 0 Å². The molecule has 1 saturated heterocycles. The summed E-state index contributed by atoms with van der Waals surface area (Å²) in [5.74, 6) is -1.06. The zero-order valence-electron chi connectivity index (χ0n) is 10.9. The molecule has 0 amide bonds. The molecule has 86 valence electrons. The standard InChI is InChI=1S/C13H22O2/c1-8-9(2)12(6)11(8,5)10(3,4)15-13(12,7)14/h14H,1-7H3/t11-,12-,13-/m0/s1. The Hall–Kier alpha value is -0.340. The van der Waals surface area contributed by atoms with E-state index < -0.39 is 5.79 Å². The Bertz CT molecular complexity index is 331. The Morgan fingerprint density at radius 2 is 1.27 bits per heavy atom. The SMILES string of the molecule is CC1=C(C)[C@@]2(C)C(C)(C)O[C@](C)(O)[C@@]12C. The first-order chi connectivity index (χ1) is 6.52. The maximum absolute atomic E-state index is 10.5. The van der Waals surface area contributed by atoms with Crippen molar-refractivity contribution in [2.75, 3.05) is 0 Å². The summed E-state index contributed by atoms with van der Waals surface area (Å²) in [6.45, 7) is 14.5. The number of aliphatic hydroxyl groups is 1. The van der Waals surface area contributed by atoms with Crippen molar-refractivity contribution in [1.82, 2.24) is 0 Å². The number of fused-ring (bicyclic) bond motifs is 1. The van der Waals surface area contributed by atoms with Crippen LogP contribution in [0.3, 0.4) is 0 Å². The quantitative estimate of drug-likeness (QED) is 0.623. The number of rotatable bonds is 0. The van der Waals surface area contributed by atoms with Crippen LogP contribution in [0.1, 0.15) is 48.5 Å². The molecule has 0 radical (unpaired) electrons. The van der Waals surface area contributed by atoms with E-state index in [-0.39, 0.29) is 16.4 Å². The van der Waals surface area contributed by atoms with Gasteiger partial charge in [-0.15, -0.1) is 0 Å². The monoisotopic (exact) mass is 210 g/mol. The summed E-state index contributed by atoms with van der Waals surface area (Å²) in [7, 11) is 0. The molecule has 2 nitrogen and oxygen atoms in total. The smallest absolute Gasteiger partial charge is 0.173 e. The average molecular weight is 210 g/mol. The minimum Gasteiger partial charge on any atom is -0.365 e. The Morgan fingerprint density at radius 1 is 0.867 bits per heavy atom. The molecule has 0 saturated carbocycles. The van der Waals surface area contributed by atoms with Crippen molar-refractivity contribution in [3.05, 3.63) is 11.1 Å². The summed E-state index contributed by atoms with van der Waals surface area (Å²) in [6.07, 6.45) is 0. The summed E-state index contributed by atoms with van der Waals surface area (Å²) >= 11 is 0. The molecule has 15 heavy (non-hydrogen) atoms. The average Bonchev–Trinajstić information content (AvgIpc) is 2.19. The molecule has 2 aliphatic rings. The lowest BCUT2D eigenvalue weighted by Gasteiger charge is -2.58. The van der Waals surface area contributed by atoms with E-state index in [0.717, 1.165) is 0 Å². The van der Waals surface area contributed by atoms with Gasteiger partial charge in [-0.05, 0) is 41.5 Å². The van der Waals surface area contributed by atoms with E-state index in [1.807, 2.05) is 0 Å². The summed E-state index contributed by atoms with van der Waals surface area (Å²) in [5.41, 5.74) is 2.02. The highest BCUT2D eigenvalue weighted by Gasteiger charge is 2.76. The van der Waals surface area contributed by atoms with Crippen LogP contribution in [0.2, 0.25) is 0 Å². The lowest BCUT2D eigenvalue weighted by Crippen LogP contribution is -2.58. The second kappa shape index (κ2) is 2.33. The maximum atomic E-state index is 10.5. The van der Waals surface area contributed by atoms with Crippen LogP contribution in [0.5, 0.6) is 0 Å². The van der Waals surface area contributed by atoms with E-state index in [4.69, 9.17) is 4.74 Å². The predicted molar refractivity (Wildman–Crippen MR) is 60.4 cm³/mol. The third-order valence-corrected chi connectivity index (χ3v) is 5.65. The van der Waals surface area contributed by atoms with Gasteiger partial charge in [0.25, 0.3) is 0 Å². The molecule has 3 atom stereocenters. The molecular formula is C13H22O2. The van der Waals surface area contributed by atoms with Crippen LogP contribution in [0.4, 0.5) is 0 Å². The zero-order chi connectivity index (χ0) is 11.9. The van der Waals surface area contributed by atoms with Crippen LogP contribution in [-0.4, -0.2) is 16.5 Å². The molecule has 0 bridgehead atoms. The molecule has 1 fully saturated rings.